The second kappa shape index (κ2) is 5.58. The lowest BCUT2D eigenvalue weighted by Gasteiger charge is -2.18. The number of carbonyl (C=O) groups is 1. The second-order valence-corrected chi connectivity index (χ2v) is 5.89. The fraction of sp³-hybridized carbons (Fsp3) is 0.188. The molecule has 2 aromatic carbocycles. The fourth-order valence-corrected chi connectivity index (χ4v) is 3.04. The van der Waals surface area contributed by atoms with Crippen LogP contribution in [-0.2, 0) is 11.2 Å². The quantitative estimate of drug-likeness (QED) is 0.892. The van der Waals surface area contributed by atoms with E-state index in [9.17, 15) is 9.18 Å². The summed E-state index contributed by atoms with van der Waals surface area (Å²) < 4.78 is 13.8. The Hall–Kier alpha value is -1.72. The molecule has 1 atom stereocenters. The van der Waals surface area contributed by atoms with Gasteiger partial charge in [-0.25, -0.2) is 4.39 Å². The Kier molecular flexibility index (Phi) is 3.78. The first-order valence-electron chi connectivity index (χ1n) is 6.63. The first-order valence-corrected chi connectivity index (χ1v) is 7.42. The summed E-state index contributed by atoms with van der Waals surface area (Å²) in [5, 5.41) is 6.06. The number of hydrogen-bond donors (Lipinski definition) is 2. The number of halogens is 2. The molecule has 5 heteroatoms. The normalized spacial score (nSPS) is 14.7. The molecule has 1 aliphatic rings. The maximum atomic E-state index is 13.4. The number of nitrogens with one attached hydrogen (secondary N) is 2. The van der Waals surface area contributed by atoms with Gasteiger partial charge in [0.05, 0.1) is 16.9 Å². The van der Waals surface area contributed by atoms with E-state index >= 15 is 0 Å². The van der Waals surface area contributed by atoms with Gasteiger partial charge in [-0.2, -0.15) is 0 Å². The summed E-state index contributed by atoms with van der Waals surface area (Å²) in [7, 11) is 1.86. The fourth-order valence-electron chi connectivity index (χ4n) is 2.65. The van der Waals surface area contributed by atoms with Crippen molar-refractivity contribution in [3.63, 3.8) is 0 Å². The van der Waals surface area contributed by atoms with Crippen molar-refractivity contribution in [2.45, 2.75) is 12.5 Å². The number of anilines is 1. The maximum Gasteiger partial charge on any atom is 0.228 e. The SMILES string of the molecule is CNC(c1ccc(F)c(Br)c1)c1ccc2c(c1)CC(=O)N2. The van der Waals surface area contributed by atoms with Gasteiger partial charge in [0.25, 0.3) is 0 Å². The molecule has 108 valence electrons. The maximum absolute atomic E-state index is 13.4. The van der Waals surface area contributed by atoms with Crippen LogP contribution in [0.4, 0.5) is 10.1 Å². The number of benzene rings is 2. The van der Waals surface area contributed by atoms with Crippen LogP contribution in [0.2, 0.25) is 0 Å². The molecule has 0 spiro atoms. The monoisotopic (exact) mass is 348 g/mol. The Morgan fingerprint density at radius 1 is 1.24 bits per heavy atom. The lowest BCUT2D eigenvalue weighted by molar-refractivity contribution is -0.115. The van der Waals surface area contributed by atoms with Gasteiger partial charge in [-0.05, 0) is 57.9 Å². The third kappa shape index (κ3) is 2.71. The Bertz CT molecular complexity index is 717. The average Bonchev–Trinajstić information content (AvgIpc) is 2.83. The van der Waals surface area contributed by atoms with Gasteiger partial charge in [0.15, 0.2) is 0 Å². The van der Waals surface area contributed by atoms with Crippen molar-refractivity contribution in [1.82, 2.24) is 5.32 Å². The second-order valence-electron chi connectivity index (χ2n) is 5.04. The van der Waals surface area contributed by atoms with E-state index in [2.05, 4.69) is 26.6 Å². The molecule has 0 saturated carbocycles. The summed E-state index contributed by atoms with van der Waals surface area (Å²) in [5.41, 5.74) is 3.88. The largest absolute Gasteiger partial charge is 0.326 e. The minimum absolute atomic E-state index is 0.0210. The summed E-state index contributed by atoms with van der Waals surface area (Å²) in [5.74, 6) is -0.259. The van der Waals surface area contributed by atoms with Gasteiger partial charge >= 0.3 is 0 Å². The number of carbonyl (C=O) groups excluding carboxylic acids is 1. The lowest BCUT2D eigenvalue weighted by atomic mass is 9.96. The zero-order valence-corrected chi connectivity index (χ0v) is 13.0. The predicted octanol–water partition coefficient (Wildman–Crippen LogP) is 3.39. The van der Waals surface area contributed by atoms with Crippen LogP contribution in [0, 0.1) is 5.82 Å². The zero-order valence-electron chi connectivity index (χ0n) is 11.4. The molecule has 1 aliphatic heterocycles. The molecule has 1 heterocycles. The number of hydrogen-bond acceptors (Lipinski definition) is 2. The molecule has 0 saturated heterocycles. The lowest BCUT2D eigenvalue weighted by Crippen LogP contribution is -2.17. The number of rotatable bonds is 3. The highest BCUT2D eigenvalue weighted by Gasteiger charge is 2.20. The van der Waals surface area contributed by atoms with Crippen LogP contribution in [0.3, 0.4) is 0 Å². The molecule has 3 rings (SSSR count). The van der Waals surface area contributed by atoms with Gasteiger partial charge in [0, 0.05) is 5.69 Å². The smallest absolute Gasteiger partial charge is 0.228 e. The molecule has 0 radical (unpaired) electrons. The molecule has 21 heavy (non-hydrogen) atoms. The van der Waals surface area contributed by atoms with Crippen molar-refractivity contribution in [3.05, 3.63) is 63.4 Å². The summed E-state index contributed by atoms with van der Waals surface area (Å²) >= 11 is 3.22. The molecular formula is C16H14BrFN2O. The van der Waals surface area contributed by atoms with E-state index in [1.165, 1.54) is 6.07 Å². The van der Waals surface area contributed by atoms with E-state index in [1.807, 2.05) is 25.2 Å². The number of amides is 1. The van der Waals surface area contributed by atoms with Crippen LogP contribution in [0.15, 0.2) is 40.9 Å². The van der Waals surface area contributed by atoms with E-state index in [1.54, 1.807) is 12.1 Å². The van der Waals surface area contributed by atoms with Gasteiger partial charge in [0.2, 0.25) is 5.91 Å². The van der Waals surface area contributed by atoms with Crippen molar-refractivity contribution in [2.75, 3.05) is 12.4 Å². The molecule has 1 unspecified atom stereocenters. The Balaban J connectivity index is 1.98. The Labute approximate surface area is 130 Å². The van der Waals surface area contributed by atoms with Crippen LogP contribution in [0.1, 0.15) is 22.7 Å². The molecule has 0 fully saturated rings. The standard InChI is InChI=1S/C16H14BrFN2O/c1-19-16(10-2-4-13(18)12(17)7-10)9-3-5-14-11(6-9)8-15(21)20-14/h2-7,16,19H,8H2,1H3,(H,20,21). The van der Waals surface area contributed by atoms with Gasteiger partial charge in [-0.15, -0.1) is 0 Å². The van der Waals surface area contributed by atoms with Crippen molar-refractivity contribution in [3.8, 4) is 0 Å². The van der Waals surface area contributed by atoms with Crippen molar-refractivity contribution < 1.29 is 9.18 Å². The van der Waals surface area contributed by atoms with Crippen LogP contribution in [0.5, 0.6) is 0 Å². The predicted molar refractivity (Wildman–Crippen MR) is 83.8 cm³/mol. The first kappa shape index (κ1) is 14.2. The van der Waals surface area contributed by atoms with Crippen LogP contribution < -0.4 is 10.6 Å². The number of fused-ring (bicyclic) bond motifs is 1. The van der Waals surface area contributed by atoms with Crippen molar-refractivity contribution in [1.29, 1.82) is 0 Å². The highest BCUT2D eigenvalue weighted by atomic mass is 79.9. The molecule has 2 N–H and O–H groups in total. The van der Waals surface area contributed by atoms with Gasteiger partial charge in [0.1, 0.15) is 5.82 Å². The Morgan fingerprint density at radius 3 is 2.67 bits per heavy atom. The van der Waals surface area contributed by atoms with E-state index in [0.29, 0.717) is 10.9 Å². The molecule has 3 nitrogen and oxygen atoms in total. The molecule has 2 aromatic rings. The highest BCUT2D eigenvalue weighted by molar-refractivity contribution is 9.10. The topological polar surface area (TPSA) is 41.1 Å². The van der Waals surface area contributed by atoms with Crippen molar-refractivity contribution >= 4 is 27.5 Å². The van der Waals surface area contributed by atoms with Crippen LogP contribution in [-0.4, -0.2) is 13.0 Å². The zero-order chi connectivity index (χ0) is 15.0. The van der Waals surface area contributed by atoms with E-state index in [4.69, 9.17) is 0 Å². The van der Waals surface area contributed by atoms with Gasteiger partial charge in [-0.1, -0.05) is 18.2 Å². The van der Waals surface area contributed by atoms with Crippen LogP contribution in [0.25, 0.3) is 0 Å². The molecule has 0 aliphatic carbocycles. The average molecular weight is 349 g/mol. The highest BCUT2D eigenvalue weighted by Crippen LogP contribution is 2.30. The minimum atomic E-state index is -0.280. The van der Waals surface area contributed by atoms with E-state index < -0.39 is 0 Å². The summed E-state index contributed by atoms with van der Waals surface area (Å²) in [6, 6.07) is 10.8. The van der Waals surface area contributed by atoms with E-state index in [0.717, 1.165) is 22.4 Å². The first-order chi connectivity index (χ1) is 10.1. The van der Waals surface area contributed by atoms with E-state index in [-0.39, 0.29) is 17.8 Å². The third-order valence-corrected chi connectivity index (χ3v) is 4.26. The van der Waals surface area contributed by atoms with Gasteiger partial charge in [-0.3, -0.25) is 4.79 Å². The van der Waals surface area contributed by atoms with Crippen LogP contribution >= 0.6 is 15.9 Å². The molecule has 0 bridgehead atoms. The summed E-state index contributed by atoms with van der Waals surface area (Å²) in [6.45, 7) is 0. The molecule has 1 amide bonds. The summed E-state index contributed by atoms with van der Waals surface area (Å²) in [6.07, 6.45) is 0.409. The summed E-state index contributed by atoms with van der Waals surface area (Å²) in [4.78, 5) is 11.4. The van der Waals surface area contributed by atoms with Gasteiger partial charge < -0.3 is 10.6 Å². The Morgan fingerprint density at radius 2 is 1.95 bits per heavy atom. The molecular weight excluding hydrogens is 335 g/mol. The molecule has 0 aromatic heterocycles. The van der Waals surface area contributed by atoms with Crippen molar-refractivity contribution in [2.24, 2.45) is 0 Å². The third-order valence-electron chi connectivity index (χ3n) is 3.65. The minimum Gasteiger partial charge on any atom is -0.326 e.